The van der Waals surface area contributed by atoms with Gasteiger partial charge in [-0.05, 0) is 38.2 Å². The van der Waals surface area contributed by atoms with Crippen LogP contribution < -0.4 is 4.74 Å². The quantitative estimate of drug-likeness (QED) is 0.260. The Bertz CT molecular complexity index is 1820. The fraction of sp³-hybridized carbons (Fsp3) is 0.357. The van der Waals surface area contributed by atoms with Gasteiger partial charge in [-0.2, -0.15) is 18.3 Å². The molecule has 0 aliphatic heterocycles. The first-order valence-electron chi connectivity index (χ1n) is 13.3. The number of aromatic nitrogens is 8. The highest BCUT2D eigenvalue weighted by Gasteiger charge is 2.35. The van der Waals surface area contributed by atoms with Crippen LogP contribution in [0.1, 0.15) is 53.5 Å². The zero-order valence-electron chi connectivity index (χ0n) is 22.2. The van der Waals surface area contributed by atoms with Crippen LogP contribution in [0.2, 0.25) is 0 Å². The number of hydrogen-bond acceptors (Lipinski definition) is 7. The largest absolute Gasteiger partial charge is 0.480 e. The van der Waals surface area contributed by atoms with Crippen molar-refractivity contribution < 1.29 is 22.3 Å². The molecule has 0 bridgehead atoms. The SMILES string of the molecule is COc1ncnc(C2CC2)c1-c1nc2c3c(nn(Cc4ccc(-c5nc(C(F)(F)F)cn5C)cc4F)c3n1)CCC2. The average molecular weight is 565 g/mol. The number of halogens is 4. The summed E-state index contributed by atoms with van der Waals surface area (Å²) in [6, 6.07) is 4.30. The van der Waals surface area contributed by atoms with Gasteiger partial charge in [-0.15, -0.1) is 0 Å². The molecule has 0 atom stereocenters. The van der Waals surface area contributed by atoms with Crippen molar-refractivity contribution in [3.8, 4) is 28.7 Å². The van der Waals surface area contributed by atoms with E-state index in [0.29, 0.717) is 34.4 Å². The minimum atomic E-state index is -4.59. The highest BCUT2D eigenvalue weighted by Crippen LogP contribution is 2.45. The van der Waals surface area contributed by atoms with Gasteiger partial charge in [0.15, 0.2) is 17.2 Å². The normalized spacial score (nSPS) is 15.1. The van der Waals surface area contributed by atoms with E-state index in [0.717, 1.165) is 60.8 Å². The second-order valence-corrected chi connectivity index (χ2v) is 10.4. The van der Waals surface area contributed by atoms with Crippen molar-refractivity contribution in [2.75, 3.05) is 7.11 Å². The van der Waals surface area contributed by atoms with Gasteiger partial charge in [-0.25, -0.2) is 34.0 Å². The van der Waals surface area contributed by atoms with Gasteiger partial charge in [0.2, 0.25) is 5.88 Å². The van der Waals surface area contributed by atoms with Crippen LogP contribution in [0.5, 0.6) is 5.88 Å². The molecule has 0 amide bonds. The molecule has 2 aliphatic rings. The monoisotopic (exact) mass is 564 g/mol. The van der Waals surface area contributed by atoms with Crippen molar-refractivity contribution in [2.45, 2.75) is 50.7 Å². The Balaban J connectivity index is 1.30. The molecule has 1 saturated carbocycles. The molecule has 0 saturated heterocycles. The molecule has 2 aliphatic carbocycles. The molecule has 1 fully saturated rings. The third-order valence-corrected chi connectivity index (χ3v) is 7.59. The Morgan fingerprint density at radius 3 is 2.56 bits per heavy atom. The topological polar surface area (TPSA) is 96.4 Å². The first-order valence-corrected chi connectivity index (χ1v) is 13.3. The summed E-state index contributed by atoms with van der Waals surface area (Å²) in [5, 5.41) is 5.64. The van der Waals surface area contributed by atoms with Crippen molar-refractivity contribution in [1.29, 1.82) is 0 Å². The van der Waals surface area contributed by atoms with Crippen LogP contribution in [0.15, 0.2) is 30.7 Å². The number of benzene rings is 1. The van der Waals surface area contributed by atoms with Crippen molar-refractivity contribution in [3.63, 3.8) is 0 Å². The fourth-order valence-corrected chi connectivity index (χ4v) is 5.48. The maximum atomic E-state index is 15.4. The number of ether oxygens (including phenoxy) is 1. The summed E-state index contributed by atoms with van der Waals surface area (Å²) in [5.74, 6) is 0.597. The second-order valence-electron chi connectivity index (χ2n) is 10.4. The van der Waals surface area contributed by atoms with Gasteiger partial charge in [-0.3, -0.25) is 0 Å². The molecule has 9 nitrogen and oxygen atoms in total. The molecule has 0 spiro atoms. The first-order chi connectivity index (χ1) is 19.7. The summed E-state index contributed by atoms with van der Waals surface area (Å²) >= 11 is 0. The molecular formula is C28H24F4N8O. The van der Waals surface area contributed by atoms with Gasteiger partial charge < -0.3 is 9.30 Å². The molecule has 7 rings (SSSR count). The Morgan fingerprint density at radius 1 is 1.05 bits per heavy atom. The van der Waals surface area contributed by atoms with E-state index in [1.54, 1.807) is 23.9 Å². The molecule has 0 N–H and O–H groups in total. The van der Waals surface area contributed by atoms with Gasteiger partial charge in [0.05, 0.1) is 36.1 Å². The summed E-state index contributed by atoms with van der Waals surface area (Å²) in [4.78, 5) is 22.3. The van der Waals surface area contributed by atoms with E-state index in [9.17, 15) is 13.2 Å². The molecule has 4 aromatic heterocycles. The molecule has 0 radical (unpaired) electrons. The number of rotatable bonds is 6. The second kappa shape index (κ2) is 9.32. The summed E-state index contributed by atoms with van der Waals surface area (Å²) < 4.78 is 63.3. The molecule has 210 valence electrons. The highest BCUT2D eigenvalue weighted by atomic mass is 19.4. The first kappa shape index (κ1) is 25.5. The maximum absolute atomic E-state index is 15.4. The zero-order chi connectivity index (χ0) is 28.5. The molecule has 1 aromatic carbocycles. The number of imidazole rings is 1. The third-order valence-electron chi connectivity index (χ3n) is 7.59. The molecule has 4 heterocycles. The summed E-state index contributed by atoms with van der Waals surface area (Å²) in [7, 11) is 2.99. The lowest BCUT2D eigenvalue weighted by molar-refractivity contribution is -0.140. The van der Waals surface area contributed by atoms with E-state index in [2.05, 4.69) is 15.0 Å². The summed E-state index contributed by atoms with van der Waals surface area (Å²) in [6.07, 6.45) is 2.22. The lowest BCUT2D eigenvalue weighted by Crippen LogP contribution is -2.08. The predicted molar refractivity (Wildman–Crippen MR) is 140 cm³/mol. The number of methoxy groups -OCH3 is 1. The van der Waals surface area contributed by atoms with E-state index < -0.39 is 17.7 Å². The number of hydrogen-bond donors (Lipinski definition) is 0. The van der Waals surface area contributed by atoms with E-state index in [-0.39, 0.29) is 17.9 Å². The highest BCUT2D eigenvalue weighted by molar-refractivity contribution is 5.84. The van der Waals surface area contributed by atoms with Crippen LogP contribution in [0, 0.1) is 5.82 Å². The van der Waals surface area contributed by atoms with Gasteiger partial charge >= 0.3 is 6.18 Å². The maximum Gasteiger partial charge on any atom is 0.434 e. The van der Waals surface area contributed by atoms with Gasteiger partial charge in [0, 0.05) is 30.3 Å². The molecule has 5 aromatic rings. The lowest BCUT2D eigenvalue weighted by Gasteiger charge is -2.14. The fourth-order valence-electron chi connectivity index (χ4n) is 5.48. The lowest BCUT2D eigenvalue weighted by atomic mass is 10.0. The van der Waals surface area contributed by atoms with Crippen LogP contribution in [-0.2, 0) is 32.6 Å². The zero-order valence-corrected chi connectivity index (χ0v) is 22.2. The summed E-state index contributed by atoms with van der Waals surface area (Å²) in [6.45, 7) is 0.0742. The Morgan fingerprint density at radius 2 is 1.85 bits per heavy atom. The van der Waals surface area contributed by atoms with Gasteiger partial charge in [0.25, 0.3) is 0 Å². The molecule has 0 unspecified atom stereocenters. The van der Waals surface area contributed by atoms with Crippen molar-refractivity contribution in [2.24, 2.45) is 7.05 Å². The Hall–Kier alpha value is -4.42. The van der Waals surface area contributed by atoms with Gasteiger partial charge in [0.1, 0.15) is 23.5 Å². The van der Waals surface area contributed by atoms with Crippen molar-refractivity contribution in [3.05, 3.63) is 64.9 Å². The molecule has 13 heteroatoms. The smallest absolute Gasteiger partial charge is 0.434 e. The van der Waals surface area contributed by atoms with Crippen LogP contribution in [0.4, 0.5) is 17.6 Å². The minimum absolute atomic E-state index is 0.0213. The van der Waals surface area contributed by atoms with Crippen molar-refractivity contribution in [1.82, 2.24) is 39.3 Å². The Labute approximate surface area is 231 Å². The van der Waals surface area contributed by atoms with Crippen LogP contribution in [0.3, 0.4) is 0 Å². The number of alkyl halides is 3. The summed E-state index contributed by atoms with van der Waals surface area (Å²) in [5.41, 5.74) is 3.35. The Kier molecular flexibility index (Phi) is 5.80. The minimum Gasteiger partial charge on any atom is -0.480 e. The number of nitrogens with zero attached hydrogens (tertiary/aromatic N) is 8. The molecule has 41 heavy (non-hydrogen) atoms. The predicted octanol–water partition coefficient (Wildman–Crippen LogP) is 5.26. The van der Waals surface area contributed by atoms with E-state index in [4.69, 9.17) is 19.8 Å². The average Bonchev–Trinajstić information content (AvgIpc) is 3.63. The van der Waals surface area contributed by atoms with Crippen LogP contribution in [-0.4, -0.2) is 46.4 Å². The standard InChI is InChI=1S/C28H24F4N8O/c1-39-12-20(28(30,31)32)36-25(39)15-8-9-16(17(29)10-15)11-40-26-21-18(4-3-5-19(21)38-40)35-24(37-26)22-23(14-6-7-14)33-13-34-27(22)41-2/h8-10,12-14H,3-7,11H2,1-2H3. The molecular weight excluding hydrogens is 540 g/mol. The van der Waals surface area contributed by atoms with Crippen LogP contribution >= 0.6 is 0 Å². The van der Waals surface area contributed by atoms with E-state index >= 15 is 4.39 Å². The number of aryl methyl sites for hydroxylation is 3. The van der Waals surface area contributed by atoms with Crippen LogP contribution in [0.25, 0.3) is 33.8 Å². The van der Waals surface area contributed by atoms with Crippen molar-refractivity contribution >= 4 is 11.0 Å². The third kappa shape index (κ3) is 4.39. The van der Waals surface area contributed by atoms with E-state index in [1.807, 2.05) is 0 Å². The van der Waals surface area contributed by atoms with E-state index in [1.165, 1.54) is 24.0 Å². The van der Waals surface area contributed by atoms with Gasteiger partial charge in [-0.1, -0.05) is 12.1 Å².